The maximum Gasteiger partial charge on any atom is 0.332 e. The van der Waals surface area contributed by atoms with Crippen molar-refractivity contribution in [3.63, 3.8) is 0 Å². The van der Waals surface area contributed by atoms with Crippen molar-refractivity contribution in [3.05, 3.63) is 29.8 Å². The van der Waals surface area contributed by atoms with E-state index < -0.39 is 5.54 Å². The number of carbonyl (C=O) groups is 2. The van der Waals surface area contributed by atoms with E-state index in [4.69, 9.17) is 9.47 Å². The van der Waals surface area contributed by atoms with E-state index in [1.165, 1.54) is 7.11 Å². The van der Waals surface area contributed by atoms with Crippen LogP contribution in [-0.4, -0.2) is 36.5 Å². The number of benzene rings is 1. The quantitative estimate of drug-likeness (QED) is 0.793. The Morgan fingerprint density at radius 2 is 2.05 bits per heavy atom. The van der Waals surface area contributed by atoms with Crippen LogP contribution in [0.2, 0.25) is 0 Å². The summed E-state index contributed by atoms with van der Waals surface area (Å²) in [6.45, 7) is 0.456. The summed E-state index contributed by atoms with van der Waals surface area (Å²) < 4.78 is 10.2. The molecule has 3 aliphatic rings. The molecule has 0 aromatic heterocycles. The molecule has 1 amide bonds. The number of likely N-dealkylation sites (tertiary alicyclic amines) is 1. The van der Waals surface area contributed by atoms with Gasteiger partial charge in [-0.15, -0.1) is 0 Å². The molecule has 4 rings (SSSR count). The smallest absolute Gasteiger partial charge is 0.332 e. The predicted octanol–water partition coefficient (Wildman–Crippen LogP) is 1.61. The number of ether oxygens (including phenoxy) is 2. The lowest BCUT2D eigenvalue weighted by Crippen LogP contribution is -2.53. The minimum atomic E-state index is -0.721. The van der Waals surface area contributed by atoms with Crippen LogP contribution in [0.5, 0.6) is 5.75 Å². The predicted molar refractivity (Wildman–Crippen MR) is 78.0 cm³/mol. The Morgan fingerprint density at radius 3 is 2.68 bits per heavy atom. The second kappa shape index (κ2) is 4.48. The Labute approximate surface area is 129 Å². The fourth-order valence-electron chi connectivity index (χ4n) is 4.62. The topological polar surface area (TPSA) is 55.8 Å². The number of esters is 1. The van der Waals surface area contributed by atoms with Gasteiger partial charge in [0.15, 0.2) is 0 Å². The van der Waals surface area contributed by atoms with Crippen LogP contribution in [0, 0.1) is 17.8 Å². The summed E-state index contributed by atoms with van der Waals surface area (Å²) in [5.74, 6) is 1.27. The highest BCUT2D eigenvalue weighted by Gasteiger charge is 2.79. The molecule has 5 nitrogen and oxygen atoms in total. The zero-order valence-corrected chi connectivity index (χ0v) is 12.7. The standard InChI is InChI=1S/C17H19NO4/c1-21-11-5-3-10(4-6-11)9-18-15(19)13-12-7-8-17(18,14(12)13)16(20)22-2/h3-6,12-14H,7-9H2,1-2H3/t12-,13-,14+,17+/m1/s1. The summed E-state index contributed by atoms with van der Waals surface area (Å²) in [7, 11) is 3.04. The second-order valence-electron chi connectivity index (χ2n) is 6.44. The first-order chi connectivity index (χ1) is 10.6. The van der Waals surface area contributed by atoms with E-state index in [1.54, 1.807) is 12.0 Å². The number of hydrogen-bond donors (Lipinski definition) is 0. The Bertz CT molecular complexity index is 641. The Balaban J connectivity index is 1.64. The number of fused-ring (bicyclic) bond motifs is 1. The molecule has 1 saturated heterocycles. The monoisotopic (exact) mass is 301 g/mol. The van der Waals surface area contributed by atoms with Gasteiger partial charge < -0.3 is 14.4 Å². The molecular formula is C17H19NO4. The van der Waals surface area contributed by atoms with E-state index in [1.807, 2.05) is 24.3 Å². The van der Waals surface area contributed by atoms with Crippen molar-refractivity contribution >= 4 is 11.9 Å². The van der Waals surface area contributed by atoms with Crippen molar-refractivity contribution < 1.29 is 19.1 Å². The lowest BCUT2D eigenvalue weighted by molar-refractivity contribution is -0.159. The lowest BCUT2D eigenvalue weighted by Gasteiger charge is -2.35. The second-order valence-corrected chi connectivity index (χ2v) is 6.44. The van der Waals surface area contributed by atoms with Crippen LogP contribution in [0.15, 0.2) is 24.3 Å². The van der Waals surface area contributed by atoms with Gasteiger partial charge in [0.25, 0.3) is 0 Å². The third-order valence-electron chi connectivity index (χ3n) is 5.65. The van der Waals surface area contributed by atoms with Crippen molar-refractivity contribution in [2.24, 2.45) is 17.8 Å². The van der Waals surface area contributed by atoms with Gasteiger partial charge in [0.05, 0.1) is 14.2 Å². The molecule has 22 heavy (non-hydrogen) atoms. The van der Waals surface area contributed by atoms with Crippen LogP contribution in [0.4, 0.5) is 0 Å². The van der Waals surface area contributed by atoms with Crippen LogP contribution >= 0.6 is 0 Å². The van der Waals surface area contributed by atoms with E-state index in [2.05, 4.69) is 0 Å². The van der Waals surface area contributed by atoms with E-state index in [9.17, 15) is 9.59 Å². The van der Waals surface area contributed by atoms with Gasteiger partial charge in [0.1, 0.15) is 11.3 Å². The van der Waals surface area contributed by atoms with Crippen LogP contribution < -0.4 is 4.74 Å². The molecule has 0 N–H and O–H groups in total. The number of rotatable bonds is 4. The summed E-state index contributed by atoms with van der Waals surface area (Å²) in [5.41, 5.74) is 0.281. The van der Waals surface area contributed by atoms with Gasteiger partial charge in [-0.1, -0.05) is 12.1 Å². The maximum atomic E-state index is 12.7. The summed E-state index contributed by atoms with van der Waals surface area (Å²) in [6, 6.07) is 7.62. The number of methoxy groups -OCH3 is 2. The zero-order valence-electron chi connectivity index (χ0n) is 12.7. The minimum absolute atomic E-state index is 0.0473. The number of amides is 1. The van der Waals surface area contributed by atoms with Crippen LogP contribution in [-0.2, 0) is 20.9 Å². The van der Waals surface area contributed by atoms with Crippen LogP contribution in [0.3, 0.4) is 0 Å². The molecule has 2 aliphatic carbocycles. The van der Waals surface area contributed by atoms with Crippen molar-refractivity contribution in [3.8, 4) is 5.75 Å². The van der Waals surface area contributed by atoms with Crippen LogP contribution in [0.25, 0.3) is 0 Å². The highest BCUT2D eigenvalue weighted by atomic mass is 16.5. The molecule has 4 atom stereocenters. The molecule has 0 spiro atoms. The average Bonchev–Trinajstić information content (AvgIpc) is 3.11. The van der Waals surface area contributed by atoms with Crippen molar-refractivity contribution in [1.29, 1.82) is 0 Å². The first kappa shape index (κ1) is 13.6. The van der Waals surface area contributed by atoms with E-state index in [0.29, 0.717) is 12.5 Å². The van der Waals surface area contributed by atoms with E-state index in [-0.39, 0.29) is 23.7 Å². The fraction of sp³-hybridized carbons (Fsp3) is 0.529. The molecule has 1 heterocycles. The van der Waals surface area contributed by atoms with Gasteiger partial charge in [-0.25, -0.2) is 4.79 Å². The third-order valence-corrected chi connectivity index (χ3v) is 5.65. The number of piperidine rings is 1. The molecule has 1 aromatic rings. The van der Waals surface area contributed by atoms with E-state index >= 15 is 0 Å². The molecule has 5 heteroatoms. The van der Waals surface area contributed by atoms with Crippen molar-refractivity contribution in [2.75, 3.05) is 14.2 Å². The van der Waals surface area contributed by atoms with Gasteiger partial charge in [0.2, 0.25) is 5.91 Å². The molecule has 116 valence electrons. The van der Waals surface area contributed by atoms with Gasteiger partial charge in [-0.3, -0.25) is 4.79 Å². The number of carbonyl (C=O) groups excluding carboxylic acids is 2. The van der Waals surface area contributed by atoms with Crippen molar-refractivity contribution in [2.45, 2.75) is 24.9 Å². The fourth-order valence-corrected chi connectivity index (χ4v) is 4.62. The minimum Gasteiger partial charge on any atom is -0.497 e. The first-order valence-corrected chi connectivity index (χ1v) is 7.66. The SMILES string of the molecule is COC(=O)[C@@]12CC[C@@H]3[C@@H](C(=O)N1Cc1ccc(OC)cc1)[C@H]32. The summed E-state index contributed by atoms with van der Waals surface area (Å²) in [5, 5.41) is 0. The largest absolute Gasteiger partial charge is 0.497 e. The van der Waals surface area contributed by atoms with Gasteiger partial charge >= 0.3 is 5.97 Å². The molecule has 1 aromatic carbocycles. The Morgan fingerprint density at radius 1 is 1.32 bits per heavy atom. The maximum absolute atomic E-state index is 12.7. The number of nitrogens with zero attached hydrogens (tertiary/aromatic N) is 1. The van der Waals surface area contributed by atoms with Crippen LogP contribution in [0.1, 0.15) is 18.4 Å². The van der Waals surface area contributed by atoms with Gasteiger partial charge in [-0.2, -0.15) is 0 Å². The molecule has 0 bridgehead atoms. The van der Waals surface area contributed by atoms with Crippen molar-refractivity contribution in [1.82, 2.24) is 4.90 Å². The molecular weight excluding hydrogens is 282 g/mol. The molecule has 0 unspecified atom stereocenters. The lowest BCUT2D eigenvalue weighted by atomic mass is 9.92. The summed E-state index contributed by atoms with van der Waals surface area (Å²) in [4.78, 5) is 26.9. The molecule has 0 radical (unpaired) electrons. The third kappa shape index (κ3) is 1.54. The molecule has 3 fully saturated rings. The zero-order chi connectivity index (χ0) is 15.5. The Hall–Kier alpha value is -2.04. The normalized spacial score (nSPS) is 34.5. The highest BCUT2D eigenvalue weighted by Crippen LogP contribution is 2.70. The van der Waals surface area contributed by atoms with E-state index in [0.717, 1.165) is 24.2 Å². The molecule has 2 saturated carbocycles. The number of hydrogen-bond acceptors (Lipinski definition) is 4. The highest BCUT2D eigenvalue weighted by molar-refractivity contribution is 5.98. The average molecular weight is 301 g/mol. The summed E-state index contributed by atoms with van der Waals surface area (Å²) in [6.07, 6.45) is 1.68. The van der Waals surface area contributed by atoms with Gasteiger partial charge in [-0.05, 0) is 36.5 Å². The summed E-state index contributed by atoms with van der Waals surface area (Å²) >= 11 is 0. The van der Waals surface area contributed by atoms with Gasteiger partial charge in [0, 0.05) is 18.4 Å². The Kier molecular flexibility index (Phi) is 2.77. The molecule has 1 aliphatic heterocycles. The first-order valence-electron chi connectivity index (χ1n) is 7.66.